The van der Waals surface area contributed by atoms with Crippen molar-refractivity contribution in [2.75, 3.05) is 18.8 Å². The number of halogens is 2. The van der Waals surface area contributed by atoms with Gasteiger partial charge >= 0.3 is 6.09 Å². The van der Waals surface area contributed by atoms with Gasteiger partial charge in [0.05, 0.1) is 28.5 Å². The number of nitrogens with zero attached hydrogens (tertiary/aromatic N) is 2. The first-order valence-electron chi connectivity index (χ1n) is 16.2. The Morgan fingerprint density at radius 3 is 2.35 bits per heavy atom. The zero-order valence-electron chi connectivity index (χ0n) is 27.9. The van der Waals surface area contributed by atoms with Gasteiger partial charge in [0.25, 0.3) is 11.8 Å². The minimum atomic E-state index is -3.58. The first kappa shape index (κ1) is 35.7. The van der Waals surface area contributed by atoms with Crippen LogP contribution in [0, 0.1) is 23.5 Å². The molecule has 258 valence electrons. The van der Waals surface area contributed by atoms with Gasteiger partial charge in [-0.25, -0.2) is 26.7 Å². The molecule has 3 aromatic carbocycles. The molecule has 5 rings (SSSR count). The highest BCUT2D eigenvalue weighted by Crippen LogP contribution is 2.30. The fourth-order valence-electron chi connectivity index (χ4n) is 6.06. The van der Waals surface area contributed by atoms with Gasteiger partial charge in [-0.3, -0.25) is 14.5 Å². The molecule has 2 aliphatic heterocycles. The Kier molecular flexibility index (Phi) is 10.6. The molecule has 0 saturated carbocycles. The third-order valence-electron chi connectivity index (χ3n) is 8.40. The Morgan fingerprint density at radius 2 is 1.69 bits per heavy atom. The number of sulfonamides is 1. The van der Waals surface area contributed by atoms with Crippen LogP contribution in [0.5, 0.6) is 0 Å². The maximum atomic E-state index is 15.2. The predicted molar refractivity (Wildman–Crippen MR) is 181 cm³/mol. The molecule has 3 aromatic rings. The number of imide groups is 1. The van der Waals surface area contributed by atoms with Crippen LogP contribution in [0.25, 0.3) is 11.1 Å². The van der Waals surface area contributed by atoms with E-state index in [4.69, 9.17) is 4.74 Å². The van der Waals surface area contributed by atoms with E-state index in [0.29, 0.717) is 35.1 Å². The molecule has 2 atom stereocenters. The number of fused-ring (bicyclic) bond motifs is 1. The van der Waals surface area contributed by atoms with Crippen LogP contribution in [0.15, 0.2) is 60.7 Å². The van der Waals surface area contributed by atoms with Crippen LogP contribution >= 0.6 is 0 Å². The summed E-state index contributed by atoms with van der Waals surface area (Å²) in [7, 11) is -3.58. The molecule has 1 N–H and O–H groups in total. The summed E-state index contributed by atoms with van der Waals surface area (Å²) >= 11 is 0. The molecule has 3 amide bonds. The van der Waals surface area contributed by atoms with Crippen LogP contribution in [0.1, 0.15) is 78.8 Å². The summed E-state index contributed by atoms with van der Waals surface area (Å²) in [6, 6.07) is 14.4. The van der Waals surface area contributed by atoms with Gasteiger partial charge in [-0.1, -0.05) is 48.2 Å². The maximum absolute atomic E-state index is 15.2. The predicted octanol–water partition coefficient (Wildman–Crippen LogP) is 5.92. The van der Waals surface area contributed by atoms with Gasteiger partial charge in [0.15, 0.2) is 0 Å². The molecule has 12 heteroatoms. The molecule has 1 fully saturated rings. The van der Waals surface area contributed by atoms with Crippen molar-refractivity contribution in [3.8, 4) is 23.0 Å². The summed E-state index contributed by atoms with van der Waals surface area (Å²) < 4.78 is 63.1. The van der Waals surface area contributed by atoms with E-state index in [0.717, 1.165) is 6.07 Å². The second kappa shape index (κ2) is 14.5. The molecule has 2 aliphatic rings. The molecular weight excluding hydrogens is 652 g/mol. The summed E-state index contributed by atoms with van der Waals surface area (Å²) in [5.74, 6) is 3.27. The number of nitrogens with one attached hydrogen (secondary N) is 1. The highest BCUT2D eigenvalue weighted by molar-refractivity contribution is 7.89. The molecule has 49 heavy (non-hydrogen) atoms. The lowest BCUT2D eigenvalue weighted by atomic mass is 9.94. The molecule has 0 spiro atoms. The largest absolute Gasteiger partial charge is 0.444 e. The van der Waals surface area contributed by atoms with E-state index in [-0.39, 0.29) is 54.6 Å². The fourth-order valence-corrected chi connectivity index (χ4v) is 6.96. The van der Waals surface area contributed by atoms with E-state index < -0.39 is 45.4 Å². The number of ether oxygens (including phenoxy) is 1. The number of hydrogen-bond acceptors (Lipinski definition) is 6. The Balaban J connectivity index is 1.35. The lowest BCUT2D eigenvalue weighted by Crippen LogP contribution is -2.49. The van der Waals surface area contributed by atoms with Crippen molar-refractivity contribution in [1.29, 1.82) is 0 Å². The molecular formula is C37H39F2N3O6S. The summed E-state index contributed by atoms with van der Waals surface area (Å²) in [6.45, 7) is 7.24. The van der Waals surface area contributed by atoms with E-state index in [1.807, 2.05) is 0 Å². The molecule has 9 nitrogen and oxygen atoms in total. The Hall–Kier alpha value is -4.60. The summed E-state index contributed by atoms with van der Waals surface area (Å²) in [6.07, 6.45) is 0.705. The van der Waals surface area contributed by atoms with Crippen molar-refractivity contribution in [1.82, 2.24) is 14.5 Å². The van der Waals surface area contributed by atoms with Gasteiger partial charge in [-0.15, -0.1) is 0 Å². The maximum Gasteiger partial charge on any atom is 0.410 e. The number of amides is 3. The van der Waals surface area contributed by atoms with E-state index in [9.17, 15) is 27.2 Å². The SMILES string of the molecule is CCS(=O)(=O)NC1CCN(C(=O)OC(C)(C)C)C1Cc1cccc(-c2cc(F)cc(F)c2C#CCCCN2C(=O)c3ccccc3C2=O)c1. The molecule has 0 aromatic heterocycles. The average molecular weight is 692 g/mol. The smallest absolute Gasteiger partial charge is 0.410 e. The fraction of sp³-hybridized carbons (Fsp3) is 0.378. The zero-order valence-corrected chi connectivity index (χ0v) is 28.7. The lowest BCUT2D eigenvalue weighted by Gasteiger charge is -2.31. The normalized spacial score (nSPS) is 17.6. The van der Waals surface area contributed by atoms with E-state index in [2.05, 4.69) is 16.6 Å². The van der Waals surface area contributed by atoms with Crippen molar-refractivity contribution < 1.29 is 36.3 Å². The number of carbonyl (C=O) groups is 3. The molecule has 2 heterocycles. The second-order valence-electron chi connectivity index (χ2n) is 13.1. The summed E-state index contributed by atoms with van der Waals surface area (Å²) in [5, 5.41) is 0. The average Bonchev–Trinajstić information content (AvgIpc) is 3.53. The summed E-state index contributed by atoms with van der Waals surface area (Å²) in [5.41, 5.74) is 1.39. The quantitative estimate of drug-likeness (QED) is 0.169. The van der Waals surface area contributed by atoms with Crippen LogP contribution in [0.4, 0.5) is 13.6 Å². The van der Waals surface area contributed by atoms with E-state index in [1.165, 1.54) is 22.8 Å². The third kappa shape index (κ3) is 8.35. The molecule has 2 unspecified atom stereocenters. The highest BCUT2D eigenvalue weighted by atomic mass is 32.2. The number of hydrogen-bond donors (Lipinski definition) is 1. The molecule has 0 radical (unpaired) electrons. The first-order chi connectivity index (χ1) is 23.2. The van der Waals surface area contributed by atoms with Gasteiger partial charge in [0.2, 0.25) is 10.0 Å². The number of benzene rings is 3. The Labute approximate surface area is 285 Å². The van der Waals surface area contributed by atoms with Gasteiger partial charge < -0.3 is 9.64 Å². The van der Waals surface area contributed by atoms with Crippen LogP contribution in [0.3, 0.4) is 0 Å². The van der Waals surface area contributed by atoms with Crippen molar-refractivity contribution in [2.45, 2.75) is 71.1 Å². The summed E-state index contributed by atoms with van der Waals surface area (Å²) in [4.78, 5) is 41.1. The van der Waals surface area contributed by atoms with Crippen LogP contribution in [-0.4, -0.2) is 72.7 Å². The van der Waals surface area contributed by atoms with E-state index in [1.54, 1.807) is 69.3 Å². The van der Waals surface area contributed by atoms with Crippen molar-refractivity contribution in [3.05, 3.63) is 94.6 Å². The van der Waals surface area contributed by atoms with Crippen molar-refractivity contribution >= 4 is 27.9 Å². The van der Waals surface area contributed by atoms with Crippen molar-refractivity contribution in [2.24, 2.45) is 0 Å². The van der Waals surface area contributed by atoms with Crippen molar-refractivity contribution in [3.63, 3.8) is 0 Å². The Morgan fingerprint density at radius 1 is 1.00 bits per heavy atom. The molecule has 0 bridgehead atoms. The zero-order chi connectivity index (χ0) is 35.5. The lowest BCUT2D eigenvalue weighted by molar-refractivity contribution is 0.0218. The number of carbonyl (C=O) groups excluding carboxylic acids is 3. The third-order valence-corrected chi connectivity index (χ3v) is 9.82. The van der Waals surface area contributed by atoms with Crippen LogP contribution in [0.2, 0.25) is 0 Å². The number of likely N-dealkylation sites (tertiary alicyclic amines) is 1. The topological polar surface area (TPSA) is 113 Å². The molecule has 1 saturated heterocycles. The van der Waals surface area contributed by atoms with E-state index >= 15 is 4.39 Å². The van der Waals surface area contributed by atoms with Gasteiger partial charge in [0.1, 0.15) is 17.2 Å². The highest BCUT2D eigenvalue weighted by Gasteiger charge is 2.40. The standard InChI is InChI=1S/C37H39F2N3O6S/c1-5-49(46,47)40-32-17-19-41(36(45)48-37(2,3)4)33(32)21-24-12-11-13-25(20-24)30-22-26(38)23-31(39)27(30)14-7-6-10-18-42-34(43)28-15-8-9-16-29(28)35(42)44/h8-9,11-13,15-16,20,22-23,32-33,40H,5-6,10,17-19,21H2,1-4H3. The minimum absolute atomic E-state index is 0.0101. The Bertz CT molecular complexity index is 1910. The van der Waals surface area contributed by atoms with Crippen LogP contribution in [-0.2, 0) is 21.2 Å². The van der Waals surface area contributed by atoms with Gasteiger partial charge in [-0.2, -0.15) is 0 Å². The monoisotopic (exact) mass is 691 g/mol. The molecule has 0 aliphatic carbocycles. The number of rotatable bonds is 9. The second-order valence-corrected chi connectivity index (χ2v) is 15.1. The minimum Gasteiger partial charge on any atom is -0.444 e. The van der Waals surface area contributed by atoms with Gasteiger partial charge in [0, 0.05) is 37.2 Å². The number of unbranched alkanes of at least 4 members (excludes halogenated alkanes) is 1. The van der Waals surface area contributed by atoms with Crippen LogP contribution < -0.4 is 4.72 Å². The first-order valence-corrected chi connectivity index (χ1v) is 17.8. The van der Waals surface area contributed by atoms with Gasteiger partial charge in [-0.05, 0) is 76.3 Å².